The first-order valence-corrected chi connectivity index (χ1v) is 9.59. The molecule has 3 N–H and O–H groups in total. The summed E-state index contributed by atoms with van der Waals surface area (Å²) in [7, 11) is 0. The lowest BCUT2D eigenvalue weighted by Gasteiger charge is -2.74. The normalized spacial score (nSPS) is 58.8. The average Bonchev–Trinajstić information content (AvgIpc) is 2.75. The number of rotatable bonds is 0. The molecule has 2 saturated heterocycles. The molecule has 2 heterocycles. The minimum absolute atomic E-state index is 0.0616. The Labute approximate surface area is 148 Å². The van der Waals surface area contributed by atoms with Crippen LogP contribution in [0.5, 0.6) is 0 Å². The maximum Gasteiger partial charge on any atom is 0.205 e. The summed E-state index contributed by atoms with van der Waals surface area (Å²) in [4.78, 5) is 13.3. The van der Waals surface area contributed by atoms with E-state index in [9.17, 15) is 20.1 Å². The van der Waals surface area contributed by atoms with Gasteiger partial charge < -0.3 is 20.1 Å². The third-order valence-corrected chi connectivity index (χ3v) is 8.81. The third-order valence-electron chi connectivity index (χ3n) is 8.81. The lowest BCUT2D eigenvalue weighted by atomic mass is 9.36. The van der Waals surface area contributed by atoms with Crippen LogP contribution in [-0.4, -0.2) is 45.7 Å². The first-order chi connectivity index (χ1) is 11.6. The largest absolute Gasteiger partial charge is 0.392 e. The summed E-state index contributed by atoms with van der Waals surface area (Å²) >= 11 is 0. The van der Waals surface area contributed by atoms with Gasteiger partial charge >= 0.3 is 0 Å². The van der Waals surface area contributed by atoms with Gasteiger partial charge in [0.2, 0.25) is 5.79 Å². The molecule has 0 aromatic rings. The van der Waals surface area contributed by atoms with Gasteiger partial charge in [0.1, 0.15) is 6.10 Å². The van der Waals surface area contributed by atoms with Gasteiger partial charge in [0.25, 0.3) is 0 Å². The molecule has 4 bridgehead atoms. The molecule has 5 heteroatoms. The minimum atomic E-state index is -1.87. The van der Waals surface area contributed by atoms with Crippen molar-refractivity contribution in [3.63, 3.8) is 0 Å². The van der Waals surface area contributed by atoms with Crippen LogP contribution in [0.3, 0.4) is 0 Å². The Bertz CT molecular complexity index is 686. The standard InChI is InChI=1S/C20H28O5/c1-10-11-4-5-12-18-9-25-20(24,19(12,8-11)15(10)22)16(23)14(18)17(2,3)7-6-13(18)21/h11-14,16,21,23-24H,1,4-9H2,2-3H3. The molecule has 0 radical (unpaired) electrons. The number of allylic oxidation sites excluding steroid dienone is 1. The first kappa shape index (κ1) is 16.4. The molecule has 5 nitrogen and oxygen atoms in total. The van der Waals surface area contributed by atoms with Gasteiger partial charge in [-0.3, -0.25) is 4.79 Å². The van der Waals surface area contributed by atoms with Crippen molar-refractivity contribution in [2.75, 3.05) is 6.61 Å². The van der Waals surface area contributed by atoms with Crippen molar-refractivity contribution in [3.05, 3.63) is 12.2 Å². The fraction of sp³-hybridized carbons (Fsp3) is 0.850. The number of hydrogen-bond donors (Lipinski definition) is 3. The molecule has 8 unspecified atom stereocenters. The van der Waals surface area contributed by atoms with E-state index >= 15 is 0 Å². The Morgan fingerprint density at radius 2 is 1.92 bits per heavy atom. The second-order valence-corrected chi connectivity index (χ2v) is 9.92. The Hall–Kier alpha value is -0.750. The number of aliphatic hydroxyl groups is 3. The van der Waals surface area contributed by atoms with Crippen molar-refractivity contribution in [3.8, 4) is 0 Å². The topological polar surface area (TPSA) is 87.0 Å². The van der Waals surface area contributed by atoms with E-state index < -0.39 is 28.8 Å². The van der Waals surface area contributed by atoms with E-state index in [1.165, 1.54) is 0 Å². The number of carbonyl (C=O) groups excluding carboxylic acids is 1. The summed E-state index contributed by atoms with van der Waals surface area (Å²) < 4.78 is 5.89. The molecule has 25 heavy (non-hydrogen) atoms. The second-order valence-electron chi connectivity index (χ2n) is 9.92. The highest BCUT2D eigenvalue weighted by molar-refractivity contribution is 6.04. The van der Waals surface area contributed by atoms with Gasteiger partial charge in [0.15, 0.2) is 5.78 Å². The van der Waals surface area contributed by atoms with Crippen LogP contribution < -0.4 is 0 Å². The average molecular weight is 348 g/mol. The molecular weight excluding hydrogens is 320 g/mol. The minimum Gasteiger partial charge on any atom is -0.392 e. The van der Waals surface area contributed by atoms with Crippen LogP contribution in [-0.2, 0) is 9.53 Å². The molecule has 8 atom stereocenters. The van der Waals surface area contributed by atoms with Crippen molar-refractivity contribution in [1.29, 1.82) is 0 Å². The van der Waals surface area contributed by atoms with Crippen molar-refractivity contribution >= 4 is 5.78 Å². The molecule has 2 aliphatic heterocycles. The predicted molar refractivity (Wildman–Crippen MR) is 89.3 cm³/mol. The fourth-order valence-corrected chi connectivity index (χ4v) is 7.82. The summed E-state index contributed by atoms with van der Waals surface area (Å²) in [5, 5.41) is 34.0. The highest BCUT2D eigenvalue weighted by Crippen LogP contribution is 2.76. The van der Waals surface area contributed by atoms with E-state index in [0.717, 1.165) is 19.3 Å². The number of fused-ring (bicyclic) bond motifs is 2. The zero-order chi connectivity index (χ0) is 18.0. The summed E-state index contributed by atoms with van der Waals surface area (Å²) in [6.07, 6.45) is 1.77. The van der Waals surface area contributed by atoms with Crippen LogP contribution in [0, 0.1) is 34.0 Å². The van der Waals surface area contributed by atoms with Crippen LogP contribution in [0.2, 0.25) is 0 Å². The highest BCUT2D eigenvalue weighted by Gasteiger charge is 2.84. The molecule has 6 aliphatic rings. The number of hydrogen-bond acceptors (Lipinski definition) is 5. The van der Waals surface area contributed by atoms with Crippen LogP contribution in [0.25, 0.3) is 0 Å². The number of ether oxygens (including phenoxy) is 1. The van der Waals surface area contributed by atoms with Gasteiger partial charge in [-0.05, 0) is 54.9 Å². The Morgan fingerprint density at radius 3 is 2.64 bits per heavy atom. The van der Waals surface area contributed by atoms with Crippen LogP contribution in [0.4, 0.5) is 0 Å². The van der Waals surface area contributed by atoms with Crippen molar-refractivity contribution in [2.45, 2.75) is 63.9 Å². The zero-order valence-corrected chi connectivity index (χ0v) is 15.0. The number of aliphatic hydroxyl groups excluding tert-OH is 2. The van der Waals surface area contributed by atoms with Crippen LogP contribution >= 0.6 is 0 Å². The molecule has 0 aromatic heterocycles. The molecular formula is C20H28O5. The smallest absolute Gasteiger partial charge is 0.205 e. The maximum atomic E-state index is 13.3. The van der Waals surface area contributed by atoms with Crippen molar-refractivity contribution < 1.29 is 24.9 Å². The lowest BCUT2D eigenvalue weighted by Crippen LogP contribution is -2.83. The quantitative estimate of drug-likeness (QED) is 0.576. The van der Waals surface area contributed by atoms with Gasteiger partial charge in [-0.25, -0.2) is 0 Å². The molecule has 4 aliphatic carbocycles. The van der Waals surface area contributed by atoms with Gasteiger partial charge in [0.05, 0.1) is 18.1 Å². The summed E-state index contributed by atoms with van der Waals surface area (Å²) in [6.45, 7) is 8.41. The summed E-state index contributed by atoms with van der Waals surface area (Å²) in [5.41, 5.74) is -1.48. The van der Waals surface area contributed by atoms with E-state index in [0.29, 0.717) is 18.4 Å². The second kappa shape index (κ2) is 4.38. The Balaban J connectivity index is 1.79. The monoisotopic (exact) mass is 348 g/mol. The molecule has 6 rings (SSSR count). The molecule has 2 spiro atoms. The molecule has 0 amide bonds. The van der Waals surface area contributed by atoms with Crippen molar-refractivity contribution in [2.24, 2.45) is 34.0 Å². The Kier molecular flexibility index (Phi) is 2.88. The van der Waals surface area contributed by atoms with E-state index in [4.69, 9.17) is 4.74 Å². The molecule has 6 fully saturated rings. The number of ketones is 1. The van der Waals surface area contributed by atoms with Gasteiger partial charge in [-0.15, -0.1) is 0 Å². The fourth-order valence-electron chi connectivity index (χ4n) is 7.82. The molecule has 138 valence electrons. The van der Waals surface area contributed by atoms with Gasteiger partial charge in [-0.2, -0.15) is 0 Å². The number of Topliss-reactive ketones (excluding diaryl/α,β-unsaturated/α-hetero) is 1. The first-order valence-electron chi connectivity index (χ1n) is 9.59. The summed E-state index contributed by atoms with van der Waals surface area (Å²) in [6, 6.07) is 0. The van der Waals surface area contributed by atoms with E-state index in [1.807, 2.05) is 0 Å². The summed E-state index contributed by atoms with van der Waals surface area (Å²) in [5.74, 6) is -2.39. The Morgan fingerprint density at radius 1 is 1.20 bits per heavy atom. The number of carbonyl (C=O) groups is 1. The molecule has 0 aromatic carbocycles. The van der Waals surface area contributed by atoms with Crippen LogP contribution in [0.15, 0.2) is 12.2 Å². The van der Waals surface area contributed by atoms with Crippen molar-refractivity contribution in [1.82, 2.24) is 0 Å². The third kappa shape index (κ3) is 1.44. The molecule has 4 saturated carbocycles. The predicted octanol–water partition coefficient (Wildman–Crippen LogP) is 1.40. The highest BCUT2D eigenvalue weighted by atomic mass is 16.6. The lowest BCUT2D eigenvalue weighted by molar-refractivity contribution is -0.448. The maximum absolute atomic E-state index is 13.3. The van der Waals surface area contributed by atoms with Crippen LogP contribution in [0.1, 0.15) is 46.0 Å². The SMILES string of the molecule is C=C1C(=O)C23CC1CCC2C12COC3(O)C(O)C1C(C)(C)CCC2O. The van der Waals surface area contributed by atoms with E-state index in [2.05, 4.69) is 20.4 Å². The van der Waals surface area contributed by atoms with Gasteiger partial charge in [0, 0.05) is 11.3 Å². The van der Waals surface area contributed by atoms with E-state index in [-0.39, 0.29) is 35.6 Å². The van der Waals surface area contributed by atoms with Gasteiger partial charge in [-0.1, -0.05) is 20.4 Å². The zero-order valence-electron chi connectivity index (χ0n) is 15.0. The van der Waals surface area contributed by atoms with E-state index in [1.54, 1.807) is 0 Å².